The van der Waals surface area contributed by atoms with Gasteiger partial charge in [0.15, 0.2) is 4.90 Å². The third-order valence-corrected chi connectivity index (χ3v) is 6.24. The first-order chi connectivity index (χ1) is 12.3. The van der Waals surface area contributed by atoms with Gasteiger partial charge in [-0.2, -0.15) is 0 Å². The van der Waals surface area contributed by atoms with E-state index in [1.54, 1.807) is 0 Å². The zero-order valence-electron chi connectivity index (χ0n) is 14.0. The molecule has 1 aliphatic heterocycles. The van der Waals surface area contributed by atoms with E-state index in [9.17, 15) is 17.2 Å². The van der Waals surface area contributed by atoms with Crippen LogP contribution in [0.2, 0.25) is 5.02 Å². The van der Waals surface area contributed by atoms with Crippen LogP contribution < -0.4 is 4.72 Å². The number of hydrogen-bond acceptors (Lipinski definition) is 3. The van der Waals surface area contributed by atoms with Crippen molar-refractivity contribution in [3.05, 3.63) is 64.7 Å². The predicted octanol–water partition coefficient (Wildman–Crippen LogP) is 3.56. The van der Waals surface area contributed by atoms with Crippen LogP contribution >= 0.6 is 11.6 Å². The van der Waals surface area contributed by atoms with Crippen LogP contribution in [0.15, 0.2) is 47.4 Å². The molecule has 4 nitrogen and oxygen atoms in total. The first-order valence-electron chi connectivity index (χ1n) is 8.28. The average molecular weight is 401 g/mol. The summed E-state index contributed by atoms with van der Waals surface area (Å²) in [6.45, 7) is 2.13. The molecule has 0 unspecified atom stereocenters. The van der Waals surface area contributed by atoms with E-state index in [0.29, 0.717) is 31.0 Å². The van der Waals surface area contributed by atoms with Crippen molar-refractivity contribution in [2.24, 2.45) is 0 Å². The minimum absolute atomic E-state index is 0.347. The summed E-state index contributed by atoms with van der Waals surface area (Å²) >= 11 is 5.88. The molecule has 1 heterocycles. The van der Waals surface area contributed by atoms with Gasteiger partial charge >= 0.3 is 0 Å². The van der Waals surface area contributed by atoms with Crippen molar-refractivity contribution in [3.8, 4) is 0 Å². The standard InChI is InChI=1S/C18H19ClF2N2O2S/c19-14-6-4-13(5-7-14)12-23-10-8-15(9-11-23)22-26(24,25)18-16(20)2-1-3-17(18)21/h1-7,15,22H,8-12H2. The minimum atomic E-state index is -4.24. The Morgan fingerprint density at radius 2 is 1.62 bits per heavy atom. The van der Waals surface area contributed by atoms with Crippen LogP contribution in [0.3, 0.4) is 0 Å². The molecule has 0 bridgehead atoms. The predicted molar refractivity (Wildman–Crippen MR) is 96.4 cm³/mol. The lowest BCUT2D eigenvalue weighted by atomic mass is 10.1. The van der Waals surface area contributed by atoms with Gasteiger partial charge in [0.1, 0.15) is 11.6 Å². The summed E-state index contributed by atoms with van der Waals surface area (Å²) in [6.07, 6.45) is 1.14. The fourth-order valence-corrected chi connectivity index (χ4v) is 4.64. The van der Waals surface area contributed by atoms with Crippen LogP contribution in [0.4, 0.5) is 8.78 Å². The van der Waals surface area contributed by atoms with Crippen molar-refractivity contribution in [3.63, 3.8) is 0 Å². The Balaban J connectivity index is 1.59. The molecule has 3 rings (SSSR count). The quantitative estimate of drug-likeness (QED) is 0.834. The van der Waals surface area contributed by atoms with Crippen molar-refractivity contribution in [1.82, 2.24) is 9.62 Å². The van der Waals surface area contributed by atoms with Crippen molar-refractivity contribution in [1.29, 1.82) is 0 Å². The van der Waals surface area contributed by atoms with E-state index in [2.05, 4.69) is 9.62 Å². The molecule has 1 N–H and O–H groups in total. The maximum absolute atomic E-state index is 13.8. The van der Waals surface area contributed by atoms with Crippen molar-refractivity contribution in [2.45, 2.75) is 30.3 Å². The van der Waals surface area contributed by atoms with Crippen molar-refractivity contribution in [2.75, 3.05) is 13.1 Å². The number of benzene rings is 2. The molecule has 26 heavy (non-hydrogen) atoms. The lowest BCUT2D eigenvalue weighted by molar-refractivity contribution is 0.200. The van der Waals surface area contributed by atoms with Crippen molar-refractivity contribution < 1.29 is 17.2 Å². The molecule has 0 spiro atoms. The van der Waals surface area contributed by atoms with Crippen LogP contribution in [0.5, 0.6) is 0 Å². The highest BCUT2D eigenvalue weighted by Crippen LogP contribution is 2.21. The molecular weight excluding hydrogens is 382 g/mol. The second kappa shape index (κ2) is 8.00. The van der Waals surface area contributed by atoms with Gasteiger partial charge in [0, 0.05) is 30.7 Å². The molecule has 0 atom stereocenters. The van der Waals surface area contributed by atoms with E-state index in [-0.39, 0.29) is 6.04 Å². The van der Waals surface area contributed by atoms with Crippen LogP contribution in [0.25, 0.3) is 0 Å². The number of likely N-dealkylation sites (tertiary alicyclic amines) is 1. The van der Waals surface area contributed by atoms with Gasteiger partial charge in [-0.25, -0.2) is 21.9 Å². The highest BCUT2D eigenvalue weighted by Gasteiger charge is 2.28. The molecule has 8 heteroatoms. The summed E-state index contributed by atoms with van der Waals surface area (Å²) in [6, 6.07) is 10.2. The van der Waals surface area contributed by atoms with E-state index in [4.69, 9.17) is 11.6 Å². The fourth-order valence-electron chi connectivity index (χ4n) is 3.07. The fraction of sp³-hybridized carbons (Fsp3) is 0.333. The molecule has 0 amide bonds. The summed E-state index contributed by atoms with van der Waals surface area (Å²) in [5.74, 6) is -2.17. The highest BCUT2D eigenvalue weighted by atomic mass is 35.5. The minimum Gasteiger partial charge on any atom is -0.299 e. The Bertz CT molecular complexity index is 847. The molecule has 0 saturated carbocycles. The van der Waals surface area contributed by atoms with E-state index in [1.165, 1.54) is 0 Å². The number of hydrogen-bond donors (Lipinski definition) is 1. The van der Waals surface area contributed by atoms with Gasteiger partial charge < -0.3 is 0 Å². The molecule has 1 aliphatic rings. The summed E-state index contributed by atoms with van der Waals surface area (Å²) < 4.78 is 54.6. The van der Waals surface area contributed by atoms with Crippen molar-refractivity contribution >= 4 is 21.6 Å². The number of nitrogens with zero attached hydrogens (tertiary/aromatic N) is 1. The Labute approximate surface area is 156 Å². The van der Waals surface area contributed by atoms with Gasteiger partial charge in [-0.1, -0.05) is 29.8 Å². The Morgan fingerprint density at radius 1 is 1.04 bits per heavy atom. The maximum atomic E-state index is 13.8. The van der Waals surface area contributed by atoms with Gasteiger partial charge in [-0.15, -0.1) is 0 Å². The van der Waals surface area contributed by atoms with Gasteiger partial charge in [0.25, 0.3) is 0 Å². The lowest BCUT2D eigenvalue weighted by Gasteiger charge is -2.32. The summed E-state index contributed by atoms with van der Waals surface area (Å²) in [7, 11) is -4.24. The molecule has 140 valence electrons. The van der Waals surface area contributed by atoms with Crippen LogP contribution in [0, 0.1) is 11.6 Å². The lowest BCUT2D eigenvalue weighted by Crippen LogP contribution is -2.44. The topological polar surface area (TPSA) is 49.4 Å². The molecule has 1 fully saturated rings. The zero-order valence-corrected chi connectivity index (χ0v) is 15.5. The Morgan fingerprint density at radius 3 is 2.19 bits per heavy atom. The smallest absolute Gasteiger partial charge is 0.246 e. The van der Waals surface area contributed by atoms with Gasteiger partial charge in [0.05, 0.1) is 0 Å². The summed E-state index contributed by atoms with van der Waals surface area (Å²) in [4.78, 5) is 1.29. The summed E-state index contributed by atoms with van der Waals surface area (Å²) in [5.41, 5.74) is 1.13. The second-order valence-corrected chi connectivity index (χ2v) is 8.44. The van der Waals surface area contributed by atoms with E-state index in [0.717, 1.165) is 30.3 Å². The van der Waals surface area contributed by atoms with Gasteiger partial charge in [0.2, 0.25) is 10.0 Å². The van der Waals surface area contributed by atoms with Gasteiger partial charge in [-0.05, 0) is 42.7 Å². The van der Waals surface area contributed by atoms with Crippen LogP contribution in [-0.4, -0.2) is 32.4 Å². The third kappa shape index (κ3) is 4.59. The molecule has 1 saturated heterocycles. The SMILES string of the molecule is O=S(=O)(NC1CCN(Cc2ccc(Cl)cc2)CC1)c1c(F)cccc1F. The molecule has 0 aliphatic carbocycles. The number of sulfonamides is 1. The van der Waals surface area contributed by atoms with E-state index in [1.807, 2.05) is 24.3 Å². The number of nitrogens with one attached hydrogen (secondary N) is 1. The molecule has 0 aromatic heterocycles. The Hall–Kier alpha value is -1.54. The monoisotopic (exact) mass is 400 g/mol. The van der Waals surface area contributed by atoms with E-state index < -0.39 is 26.6 Å². The van der Waals surface area contributed by atoms with Crippen LogP contribution in [-0.2, 0) is 16.6 Å². The molecule has 2 aromatic carbocycles. The van der Waals surface area contributed by atoms with E-state index >= 15 is 0 Å². The normalized spacial score (nSPS) is 16.7. The zero-order chi connectivity index (χ0) is 18.7. The third-order valence-electron chi connectivity index (χ3n) is 4.42. The van der Waals surface area contributed by atoms with Crippen LogP contribution in [0.1, 0.15) is 18.4 Å². The molecule has 2 aromatic rings. The number of rotatable bonds is 5. The first kappa shape index (κ1) is 19.2. The molecule has 0 radical (unpaired) electrons. The summed E-state index contributed by atoms with van der Waals surface area (Å²) in [5, 5.41) is 0.683. The maximum Gasteiger partial charge on any atom is 0.246 e. The number of halogens is 3. The number of piperidine rings is 1. The average Bonchev–Trinajstić information content (AvgIpc) is 2.58. The Kier molecular flexibility index (Phi) is 5.92. The second-order valence-electron chi connectivity index (χ2n) is 6.35. The first-order valence-corrected chi connectivity index (χ1v) is 10.1. The largest absolute Gasteiger partial charge is 0.299 e. The molecular formula is C18H19ClF2N2O2S. The van der Waals surface area contributed by atoms with Gasteiger partial charge in [-0.3, -0.25) is 4.90 Å². The highest BCUT2D eigenvalue weighted by molar-refractivity contribution is 7.89.